The highest BCUT2D eigenvalue weighted by molar-refractivity contribution is 5.93. The summed E-state index contributed by atoms with van der Waals surface area (Å²) in [6.07, 6.45) is 4.37. The molecule has 3 rings (SSSR count). The third-order valence-corrected chi connectivity index (χ3v) is 3.16. The Morgan fingerprint density at radius 1 is 1.25 bits per heavy atom. The summed E-state index contributed by atoms with van der Waals surface area (Å²) in [5.41, 5.74) is 0.973. The van der Waals surface area contributed by atoms with E-state index in [2.05, 4.69) is 20.5 Å². The molecular weight excluding hydrogens is 318 g/mol. The van der Waals surface area contributed by atoms with Crippen molar-refractivity contribution >= 4 is 5.91 Å². The molecule has 0 atom stereocenters. The third kappa shape index (κ3) is 3.54. The van der Waals surface area contributed by atoms with Crippen molar-refractivity contribution in [1.82, 2.24) is 20.5 Å². The Morgan fingerprint density at radius 3 is 2.88 bits per heavy atom. The zero-order chi connectivity index (χ0) is 16.9. The Balaban J connectivity index is 1.73. The Morgan fingerprint density at radius 2 is 2.12 bits per heavy atom. The Hall–Kier alpha value is -3.29. The monoisotopic (exact) mass is 330 g/mol. The largest absolute Gasteiger partial charge is 0.439 e. The van der Waals surface area contributed by atoms with E-state index in [1.54, 1.807) is 12.1 Å². The van der Waals surface area contributed by atoms with Crippen LogP contribution in [0.3, 0.4) is 0 Å². The molecule has 0 unspecified atom stereocenters. The van der Waals surface area contributed by atoms with Crippen molar-refractivity contribution in [3.05, 3.63) is 71.7 Å². The van der Waals surface area contributed by atoms with E-state index >= 15 is 0 Å². The predicted molar refractivity (Wildman–Crippen MR) is 80.4 cm³/mol. The van der Waals surface area contributed by atoms with E-state index in [1.165, 1.54) is 24.7 Å². The van der Waals surface area contributed by atoms with Gasteiger partial charge in [0, 0.05) is 30.6 Å². The molecule has 8 heteroatoms. The molecular formula is C16H12F2N4O2. The molecule has 0 radical (unpaired) electrons. The summed E-state index contributed by atoms with van der Waals surface area (Å²) in [6, 6.07) is 6.57. The van der Waals surface area contributed by atoms with Crippen LogP contribution in [0.25, 0.3) is 0 Å². The second-order valence-corrected chi connectivity index (χ2v) is 4.82. The second-order valence-electron chi connectivity index (χ2n) is 4.82. The van der Waals surface area contributed by atoms with Crippen molar-refractivity contribution in [3.63, 3.8) is 0 Å². The lowest BCUT2D eigenvalue weighted by molar-refractivity contribution is 0.0951. The lowest BCUT2D eigenvalue weighted by atomic mass is 10.2. The highest BCUT2D eigenvalue weighted by Crippen LogP contribution is 2.24. The molecule has 3 aromatic rings. The summed E-state index contributed by atoms with van der Waals surface area (Å²) in [7, 11) is 0. The van der Waals surface area contributed by atoms with Gasteiger partial charge in [0.25, 0.3) is 5.91 Å². The molecule has 2 aromatic heterocycles. The topological polar surface area (TPSA) is 79.9 Å². The van der Waals surface area contributed by atoms with Crippen molar-refractivity contribution in [2.24, 2.45) is 0 Å². The fourth-order valence-corrected chi connectivity index (χ4v) is 1.96. The van der Waals surface area contributed by atoms with E-state index in [9.17, 15) is 13.6 Å². The Labute approximate surface area is 135 Å². The molecule has 6 nitrogen and oxygen atoms in total. The molecule has 0 spiro atoms. The van der Waals surface area contributed by atoms with Gasteiger partial charge in [-0.2, -0.15) is 5.10 Å². The molecule has 0 fully saturated rings. The number of amides is 1. The van der Waals surface area contributed by atoms with Gasteiger partial charge in [0.15, 0.2) is 11.6 Å². The van der Waals surface area contributed by atoms with Crippen molar-refractivity contribution in [1.29, 1.82) is 0 Å². The highest BCUT2D eigenvalue weighted by atomic mass is 19.2. The van der Waals surface area contributed by atoms with E-state index in [4.69, 9.17) is 4.74 Å². The van der Waals surface area contributed by atoms with Crippen molar-refractivity contribution < 1.29 is 18.3 Å². The smallest absolute Gasteiger partial charge is 0.254 e. The van der Waals surface area contributed by atoms with E-state index in [1.807, 2.05) is 0 Å². The van der Waals surface area contributed by atoms with Gasteiger partial charge in [-0.3, -0.25) is 9.89 Å². The van der Waals surface area contributed by atoms with Crippen LogP contribution in [0, 0.1) is 11.6 Å². The molecule has 0 bridgehead atoms. The molecule has 2 N–H and O–H groups in total. The quantitative estimate of drug-likeness (QED) is 0.754. The number of aromatic amines is 1. The number of carbonyl (C=O) groups is 1. The number of hydrogen-bond donors (Lipinski definition) is 2. The summed E-state index contributed by atoms with van der Waals surface area (Å²) in [5, 5.41) is 8.94. The van der Waals surface area contributed by atoms with E-state index < -0.39 is 11.6 Å². The zero-order valence-corrected chi connectivity index (χ0v) is 12.3. The Kier molecular flexibility index (Phi) is 4.46. The van der Waals surface area contributed by atoms with Crippen LogP contribution >= 0.6 is 0 Å². The van der Waals surface area contributed by atoms with Gasteiger partial charge in [0.05, 0.1) is 11.8 Å². The van der Waals surface area contributed by atoms with Gasteiger partial charge < -0.3 is 10.1 Å². The van der Waals surface area contributed by atoms with Crippen LogP contribution in [0.5, 0.6) is 11.6 Å². The summed E-state index contributed by atoms with van der Waals surface area (Å²) in [4.78, 5) is 16.0. The van der Waals surface area contributed by atoms with E-state index in [0.717, 1.165) is 12.1 Å². The van der Waals surface area contributed by atoms with E-state index in [0.29, 0.717) is 11.1 Å². The first-order chi connectivity index (χ1) is 11.6. The third-order valence-electron chi connectivity index (χ3n) is 3.16. The van der Waals surface area contributed by atoms with Crippen LogP contribution in [-0.4, -0.2) is 21.1 Å². The van der Waals surface area contributed by atoms with Crippen molar-refractivity contribution in [3.8, 4) is 11.6 Å². The summed E-state index contributed by atoms with van der Waals surface area (Å²) >= 11 is 0. The number of pyridine rings is 1. The lowest BCUT2D eigenvalue weighted by Crippen LogP contribution is -2.22. The van der Waals surface area contributed by atoms with Crippen molar-refractivity contribution in [2.45, 2.75) is 6.54 Å². The molecule has 122 valence electrons. The Bertz CT molecular complexity index is 853. The van der Waals surface area contributed by atoms with Crippen molar-refractivity contribution in [2.75, 3.05) is 0 Å². The maximum atomic E-state index is 13.3. The molecule has 0 aliphatic carbocycles. The number of hydrogen-bond acceptors (Lipinski definition) is 4. The number of H-pyrrole nitrogens is 1. The first-order valence-electron chi connectivity index (χ1n) is 6.97. The number of halogens is 2. The van der Waals surface area contributed by atoms with Gasteiger partial charge >= 0.3 is 0 Å². The lowest BCUT2D eigenvalue weighted by Gasteiger charge is -2.10. The second kappa shape index (κ2) is 6.86. The van der Waals surface area contributed by atoms with Gasteiger partial charge in [-0.1, -0.05) is 6.07 Å². The number of aromatic nitrogens is 3. The van der Waals surface area contributed by atoms with Crippen LogP contribution in [0.2, 0.25) is 0 Å². The maximum Gasteiger partial charge on any atom is 0.254 e. The fourth-order valence-electron chi connectivity index (χ4n) is 1.96. The molecule has 1 aromatic carbocycles. The molecule has 24 heavy (non-hydrogen) atoms. The summed E-state index contributed by atoms with van der Waals surface area (Å²) in [6.45, 7) is 0.150. The fraction of sp³-hybridized carbons (Fsp3) is 0.0625. The van der Waals surface area contributed by atoms with Crippen LogP contribution in [0.15, 0.2) is 48.9 Å². The number of carbonyl (C=O) groups excluding carboxylic acids is 1. The molecule has 0 saturated carbocycles. The highest BCUT2D eigenvalue weighted by Gasteiger charge is 2.11. The summed E-state index contributed by atoms with van der Waals surface area (Å²) < 4.78 is 31.7. The van der Waals surface area contributed by atoms with Crippen LogP contribution in [0.4, 0.5) is 8.78 Å². The molecule has 2 heterocycles. The zero-order valence-electron chi connectivity index (χ0n) is 12.3. The van der Waals surface area contributed by atoms with Gasteiger partial charge in [-0.05, 0) is 18.2 Å². The van der Waals surface area contributed by atoms with Gasteiger partial charge in [0.2, 0.25) is 5.88 Å². The van der Waals surface area contributed by atoms with Crippen LogP contribution in [-0.2, 0) is 6.54 Å². The minimum atomic E-state index is -1.02. The normalized spacial score (nSPS) is 10.4. The minimum Gasteiger partial charge on any atom is -0.439 e. The van der Waals surface area contributed by atoms with E-state index in [-0.39, 0.29) is 24.1 Å². The number of nitrogens with one attached hydrogen (secondary N) is 2. The molecule has 0 saturated heterocycles. The standard InChI is InChI=1S/C16H12F2N4O2/c17-13-4-3-12(6-14(13)18)24-16-10(2-1-5-19-16)7-20-15(23)11-8-21-22-9-11/h1-6,8-9H,7H2,(H,20,23)(H,21,22). The average molecular weight is 330 g/mol. The van der Waals surface area contributed by atoms with Gasteiger partial charge in [0.1, 0.15) is 5.75 Å². The average Bonchev–Trinajstić information content (AvgIpc) is 3.12. The molecule has 0 aliphatic heterocycles. The first-order valence-corrected chi connectivity index (χ1v) is 6.97. The molecule has 1 amide bonds. The number of benzene rings is 1. The first kappa shape index (κ1) is 15.6. The van der Waals surface area contributed by atoms with Crippen LogP contribution < -0.4 is 10.1 Å². The minimum absolute atomic E-state index is 0.106. The number of ether oxygens (including phenoxy) is 1. The summed E-state index contributed by atoms with van der Waals surface area (Å²) in [5.74, 6) is -1.99. The van der Waals surface area contributed by atoms with Crippen LogP contribution in [0.1, 0.15) is 15.9 Å². The number of rotatable bonds is 5. The van der Waals surface area contributed by atoms with Gasteiger partial charge in [-0.15, -0.1) is 0 Å². The van der Waals surface area contributed by atoms with Gasteiger partial charge in [-0.25, -0.2) is 13.8 Å². The number of nitrogens with zero attached hydrogens (tertiary/aromatic N) is 2. The molecule has 0 aliphatic rings. The SMILES string of the molecule is O=C(NCc1cccnc1Oc1ccc(F)c(F)c1)c1cn[nH]c1. The predicted octanol–water partition coefficient (Wildman–Crippen LogP) is 2.81. The maximum absolute atomic E-state index is 13.3.